The average Bonchev–Trinajstić information content (AvgIpc) is 3.89. The van der Waals surface area contributed by atoms with Crippen LogP contribution in [-0.2, 0) is 20.8 Å². The van der Waals surface area contributed by atoms with Gasteiger partial charge >= 0.3 is 0 Å². The number of aromatic amines is 1. The largest absolute Gasteiger partial charge is 0.371 e. The molecule has 49 heavy (non-hydrogen) atoms. The normalized spacial score (nSPS) is 25.6. The van der Waals surface area contributed by atoms with Gasteiger partial charge in [0.2, 0.25) is 11.8 Å². The smallest absolute Gasteiger partial charge is 0.262 e. The Balaban J connectivity index is 0.910. The molecule has 1 aliphatic carbocycles. The number of benzene rings is 2. The molecule has 3 N–H and O–H groups in total. The van der Waals surface area contributed by atoms with E-state index >= 15 is 0 Å². The molecule has 1 aromatic heterocycles. The third-order valence-electron chi connectivity index (χ3n) is 11.0. The van der Waals surface area contributed by atoms with Gasteiger partial charge in [0.05, 0.1) is 22.3 Å². The number of H-pyrrole nitrogens is 1. The molecular weight excluding hydrogens is 631 g/mol. The number of aryl methyl sites for hydroxylation is 1. The molecular formula is C36H31FN6O6. The van der Waals surface area contributed by atoms with Crippen LogP contribution in [0.3, 0.4) is 0 Å². The van der Waals surface area contributed by atoms with E-state index in [4.69, 9.17) is 0 Å². The first-order chi connectivity index (χ1) is 23.6. The fourth-order valence-corrected chi connectivity index (χ4v) is 8.72. The van der Waals surface area contributed by atoms with Crippen molar-refractivity contribution in [3.05, 3.63) is 81.4 Å². The SMILES string of the molecule is Cc1[nH]c2c(c1C(=O)N1CC3CN(c4ccc5c(c4)C(=O)N(C4CCC(=O)NC4=O)C5=O)CC3C1)CCC2=C1C(=O)Nc2ccc(F)cc21. The second-order valence-electron chi connectivity index (χ2n) is 13.8. The highest BCUT2D eigenvalue weighted by atomic mass is 19.1. The summed E-state index contributed by atoms with van der Waals surface area (Å²) in [5.74, 6) is -2.43. The van der Waals surface area contributed by atoms with E-state index in [1.54, 1.807) is 18.2 Å². The summed E-state index contributed by atoms with van der Waals surface area (Å²) in [5, 5.41) is 5.05. The van der Waals surface area contributed by atoms with E-state index in [0.29, 0.717) is 61.4 Å². The van der Waals surface area contributed by atoms with Crippen molar-refractivity contribution in [1.82, 2.24) is 20.1 Å². The Kier molecular flexibility index (Phi) is 6.30. The predicted molar refractivity (Wildman–Crippen MR) is 174 cm³/mol. The molecule has 3 unspecified atom stereocenters. The van der Waals surface area contributed by atoms with Gasteiger partial charge in [-0.15, -0.1) is 0 Å². The first kappa shape index (κ1) is 29.5. The van der Waals surface area contributed by atoms with Crippen LogP contribution in [0.2, 0.25) is 0 Å². The van der Waals surface area contributed by atoms with Gasteiger partial charge in [-0.2, -0.15) is 0 Å². The summed E-state index contributed by atoms with van der Waals surface area (Å²) in [6.45, 7) is 4.38. The van der Waals surface area contributed by atoms with Gasteiger partial charge in [-0.1, -0.05) is 0 Å². The van der Waals surface area contributed by atoms with E-state index in [2.05, 4.69) is 20.5 Å². The number of hydrogen-bond donors (Lipinski definition) is 3. The predicted octanol–water partition coefficient (Wildman–Crippen LogP) is 2.88. The van der Waals surface area contributed by atoms with Crippen LogP contribution >= 0.6 is 0 Å². The second-order valence-corrected chi connectivity index (χ2v) is 13.8. The summed E-state index contributed by atoms with van der Waals surface area (Å²) in [6, 6.07) is 8.40. The van der Waals surface area contributed by atoms with Gasteiger partial charge < -0.3 is 20.1 Å². The second kappa shape index (κ2) is 10.5. The maximum absolute atomic E-state index is 14.1. The third-order valence-corrected chi connectivity index (χ3v) is 11.0. The number of carbonyl (C=O) groups is 6. The number of allylic oxidation sites excluding steroid dienone is 1. The number of rotatable bonds is 3. The molecule has 3 saturated heterocycles. The van der Waals surface area contributed by atoms with Crippen molar-refractivity contribution in [2.45, 2.75) is 38.6 Å². The number of amides is 6. The van der Waals surface area contributed by atoms with Gasteiger partial charge in [-0.3, -0.25) is 39.0 Å². The first-order valence-corrected chi connectivity index (χ1v) is 16.5. The molecule has 0 radical (unpaired) electrons. The lowest BCUT2D eigenvalue weighted by Crippen LogP contribution is -2.54. The molecule has 3 aromatic rings. The maximum atomic E-state index is 14.1. The van der Waals surface area contributed by atoms with E-state index in [0.717, 1.165) is 33.1 Å². The quantitative estimate of drug-likeness (QED) is 0.288. The van der Waals surface area contributed by atoms with E-state index in [1.165, 1.54) is 12.1 Å². The summed E-state index contributed by atoms with van der Waals surface area (Å²) in [5.41, 5.74) is 6.70. The van der Waals surface area contributed by atoms with Crippen LogP contribution in [-0.4, -0.2) is 82.4 Å². The standard InChI is InChI=1S/C36H31FN6O6/c1-16-29(22-5-6-23(31(22)38-16)30-25-10-19(37)2-7-26(25)39-33(30)46)36(49)42-14-17-12-41(13-18(17)15-42)20-3-4-21-24(11-20)35(48)43(34(21)47)27-8-9-28(44)40-32(27)45/h2-4,7,10-11,17-18,27,38H,5-6,8-9,12-15H2,1H3,(H,39,46)(H,40,44,45). The highest BCUT2D eigenvalue weighted by Crippen LogP contribution is 2.45. The topological polar surface area (TPSA) is 152 Å². The summed E-state index contributed by atoms with van der Waals surface area (Å²) >= 11 is 0. The molecule has 6 amide bonds. The molecule has 13 heteroatoms. The number of piperidine rings is 1. The minimum Gasteiger partial charge on any atom is -0.371 e. The van der Waals surface area contributed by atoms with Crippen LogP contribution in [0.1, 0.15) is 72.9 Å². The molecule has 3 atom stereocenters. The molecule has 0 bridgehead atoms. The number of anilines is 2. The minimum absolute atomic E-state index is 0.0419. The van der Waals surface area contributed by atoms with Crippen molar-refractivity contribution in [3.8, 4) is 0 Å². The number of fused-ring (bicyclic) bond motifs is 4. The van der Waals surface area contributed by atoms with Crippen LogP contribution in [0.25, 0.3) is 11.1 Å². The van der Waals surface area contributed by atoms with Crippen molar-refractivity contribution in [3.63, 3.8) is 0 Å². The van der Waals surface area contributed by atoms with Gasteiger partial charge in [-0.05, 0) is 73.7 Å². The van der Waals surface area contributed by atoms with E-state index in [1.807, 2.05) is 17.9 Å². The number of hydrogen-bond acceptors (Lipinski definition) is 7. The molecule has 0 saturated carbocycles. The molecule has 9 rings (SSSR count). The average molecular weight is 663 g/mol. The lowest BCUT2D eigenvalue weighted by Gasteiger charge is -2.27. The molecule has 2 aromatic carbocycles. The van der Waals surface area contributed by atoms with Crippen molar-refractivity contribution in [1.29, 1.82) is 0 Å². The number of carbonyl (C=O) groups excluding carboxylic acids is 6. The maximum Gasteiger partial charge on any atom is 0.262 e. The van der Waals surface area contributed by atoms with Crippen LogP contribution in [0.15, 0.2) is 36.4 Å². The zero-order valence-electron chi connectivity index (χ0n) is 26.5. The number of likely N-dealkylation sites (tertiary alicyclic amines) is 1. The highest BCUT2D eigenvalue weighted by Gasteiger charge is 2.47. The number of nitrogens with one attached hydrogen (secondary N) is 3. The zero-order chi connectivity index (χ0) is 33.9. The monoisotopic (exact) mass is 662 g/mol. The van der Waals surface area contributed by atoms with Gasteiger partial charge in [0, 0.05) is 72.8 Å². The van der Waals surface area contributed by atoms with Crippen molar-refractivity contribution in [2.75, 3.05) is 36.4 Å². The van der Waals surface area contributed by atoms with Gasteiger partial charge in [0.15, 0.2) is 0 Å². The fraction of sp³-hybridized carbons (Fsp3) is 0.333. The Morgan fingerprint density at radius 3 is 2.35 bits per heavy atom. The van der Waals surface area contributed by atoms with Crippen molar-refractivity contribution < 1.29 is 33.2 Å². The number of nitrogens with zero attached hydrogens (tertiary/aromatic N) is 3. The van der Waals surface area contributed by atoms with Gasteiger partial charge in [0.25, 0.3) is 23.6 Å². The van der Waals surface area contributed by atoms with Gasteiger partial charge in [-0.25, -0.2) is 4.39 Å². The van der Waals surface area contributed by atoms with Gasteiger partial charge in [0.1, 0.15) is 11.9 Å². The molecule has 248 valence electrons. The van der Waals surface area contributed by atoms with Crippen LogP contribution in [0.5, 0.6) is 0 Å². The van der Waals surface area contributed by atoms with Crippen LogP contribution < -0.4 is 15.5 Å². The third kappa shape index (κ3) is 4.33. The molecule has 5 aliphatic heterocycles. The van der Waals surface area contributed by atoms with Crippen LogP contribution in [0, 0.1) is 24.6 Å². The summed E-state index contributed by atoms with van der Waals surface area (Å²) in [4.78, 5) is 85.9. The van der Waals surface area contributed by atoms with Crippen molar-refractivity contribution >= 4 is 58.0 Å². The summed E-state index contributed by atoms with van der Waals surface area (Å²) in [6.07, 6.45) is 1.34. The Morgan fingerprint density at radius 1 is 0.837 bits per heavy atom. The molecule has 3 fully saturated rings. The van der Waals surface area contributed by atoms with Crippen molar-refractivity contribution in [2.24, 2.45) is 11.8 Å². The summed E-state index contributed by atoms with van der Waals surface area (Å²) in [7, 11) is 0. The zero-order valence-corrected chi connectivity index (χ0v) is 26.5. The molecule has 12 nitrogen and oxygen atoms in total. The number of aromatic nitrogens is 1. The van der Waals surface area contributed by atoms with E-state index in [9.17, 15) is 33.2 Å². The van der Waals surface area contributed by atoms with E-state index in [-0.39, 0.29) is 47.6 Å². The van der Waals surface area contributed by atoms with E-state index < -0.39 is 35.5 Å². The first-order valence-electron chi connectivity index (χ1n) is 16.5. The Morgan fingerprint density at radius 2 is 1.59 bits per heavy atom. The highest BCUT2D eigenvalue weighted by molar-refractivity contribution is 6.37. The lowest BCUT2D eigenvalue weighted by atomic mass is 9.99. The minimum atomic E-state index is -1.01. The fourth-order valence-electron chi connectivity index (χ4n) is 8.72. The number of imide groups is 2. The molecule has 6 aliphatic rings. The Labute approximate surface area is 279 Å². The van der Waals surface area contributed by atoms with Crippen LogP contribution in [0.4, 0.5) is 15.8 Å². The summed E-state index contributed by atoms with van der Waals surface area (Å²) < 4.78 is 14.1. The Hall–Kier alpha value is -5.59. The lowest BCUT2D eigenvalue weighted by molar-refractivity contribution is -0.136. The molecule has 0 spiro atoms. The number of halogens is 1. The Bertz CT molecular complexity index is 2120. The molecule has 6 heterocycles.